The summed E-state index contributed by atoms with van der Waals surface area (Å²) in [6.45, 7) is 4.39. The number of nitrogens with zero attached hydrogens (tertiary/aromatic N) is 3. The highest BCUT2D eigenvalue weighted by Crippen LogP contribution is 2.19. The fraction of sp³-hybridized carbons (Fsp3) is 0.364. The molecule has 2 rings (SSSR count). The van der Waals surface area contributed by atoms with Crippen molar-refractivity contribution in [2.75, 3.05) is 12.3 Å². The number of rotatable bonds is 4. The number of pyridine rings is 1. The van der Waals surface area contributed by atoms with Crippen LogP contribution >= 0.6 is 0 Å². The molecule has 0 spiro atoms. The zero-order valence-corrected chi connectivity index (χ0v) is 9.75. The Labute approximate surface area is 98.8 Å². The van der Waals surface area contributed by atoms with Gasteiger partial charge in [0.25, 0.3) is 5.89 Å². The van der Waals surface area contributed by atoms with Crippen LogP contribution < -0.4 is 5.73 Å². The van der Waals surface area contributed by atoms with Crippen molar-refractivity contribution in [2.45, 2.75) is 20.0 Å². The molecule has 2 aromatic rings. The second-order valence-corrected chi connectivity index (χ2v) is 3.53. The molecule has 0 aromatic carbocycles. The first-order valence-electron chi connectivity index (χ1n) is 5.37. The number of hydrogen-bond acceptors (Lipinski definition) is 6. The van der Waals surface area contributed by atoms with Crippen molar-refractivity contribution in [3.63, 3.8) is 0 Å². The summed E-state index contributed by atoms with van der Waals surface area (Å²) in [5, 5.41) is 3.85. The molecule has 0 aliphatic heterocycles. The van der Waals surface area contributed by atoms with Gasteiger partial charge >= 0.3 is 0 Å². The molecule has 6 heteroatoms. The molecule has 0 bridgehead atoms. The van der Waals surface area contributed by atoms with Gasteiger partial charge < -0.3 is 15.0 Å². The molecule has 0 fully saturated rings. The smallest absolute Gasteiger partial charge is 0.276 e. The van der Waals surface area contributed by atoms with E-state index in [2.05, 4.69) is 15.1 Å². The van der Waals surface area contributed by atoms with Crippen LogP contribution in [-0.2, 0) is 4.74 Å². The van der Waals surface area contributed by atoms with Crippen LogP contribution in [0.25, 0.3) is 11.6 Å². The predicted molar refractivity (Wildman–Crippen MR) is 62.0 cm³/mol. The van der Waals surface area contributed by atoms with Gasteiger partial charge in [0, 0.05) is 6.61 Å². The number of aromatic nitrogens is 3. The summed E-state index contributed by atoms with van der Waals surface area (Å²) in [6, 6.07) is 3.47. The lowest BCUT2D eigenvalue weighted by molar-refractivity contribution is 0.0683. The number of nitrogen functional groups attached to an aromatic ring is 1. The lowest BCUT2D eigenvalue weighted by Crippen LogP contribution is -2.01. The fourth-order valence-electron chi connectivity index (χ4n) is 1.36. The molecular weight excluding hydrogens is 220 g/mol. The van der Waals surface area contributed by atoms with E-state index in [9.17, 15) is 0 Å². The molecule has 0 radical (unpaired) electrons. The molecule has 0 saturated carbocycles. The minimum absolute atomic E-state index is 0.189. The Hall–Kier alpha value is -1.95. The van der Waals surface area contributed by atoms with Crippen LogP contribution in [-0.4, -0.2) is 21.7 Å². The minimum atomic E-state index is -0.189. The van der Waals surface area contributed by atoms with Crippen LogP contribution in [0.5, 0.6) is 0 Å². The van der Waals surface area contributed by atoms with Crippen molar-refractivity contribution in [3.8, 4) is 11.6 Å². The van der Waals surface area contributed by atoms with Crippen LogP contribution in [0.1, 0.15) is 25.8 Å². The van der Waals surface area contributed by atoms with Crippen LogP contribution in [0.15, 0.2) is 22.9 Å². The fourth-order valence-corrected chi connectivity index (χ4v) is 1.36. The highest BCUT2D eigenvalue weighted by atomic mass is 16.5. The molecule has 6 nitrogen and oxygen atoms in total. The molecule has 1 unspecified atom stereocenters. The van der Waals surface area contributed by atoms with Crippen LogP contribution in [0.2, 0.25) is 0 Å². The van der Waals surface area contributed by atoms with E-state index in [1.54, 1.807) is 18.3 Å². The van der Waals surface area contributed by atoms with Crippen molar-refractivity contribution in [2.24, 2.45) is 0 Å². The Kier molecular flexibility index (Phi) is 3.34. The van der Waals surface area contributed by atoms with E-state index in [4.69, 9.17) is 15.0 Å². The lowest BCUT2D eigenvalue weighted by Gasteiger charge is -2.04. The third-order valence-electron chi connectivity index (χ3n) is 2.23. The average molecular weight is 234 g/mol. The number of anilines is 1. The molecule has 1 atom stereocenters. The van der Waals surface area contributed by atoms with E-state index in [1.165, 1.54) is 0 Å². The highest BCUT2D eigenvalue weighted by Gasteiger charge is 2.15. The summed E-state index contributed by atoms with van der Waals surface area (Å²) in [5.74, 6) is 0.882. The SMILES string of the molecule is CCOC(C)c1noc(-c2ccc(N)cn2)n1. The van der Waals surface area contributed by atoms with Crippen molar-refractivity contribution in [1.82, 2.24) is 15.1 Å². The second-order valence-electron chi connectivity index (χ2n) is 3.53. The first-order chi connectivity index (χ1) is 8.20. The summed E-state index contributed by atoms with van der Waals surface area (Å²) < 4.78 is 10.5. The molecule has 2 heterocycles. The maximum Gasteiger partial charge on any atom is 0.276 e. The van der Waals surface area contributed by atoms with E-state index in [0.717, 1.165) is 0 Å². The van der Waals surface area contributed by atoms with Crippen LogP contribution in [0.4, 0.5) is 5.69 Å². The Morgan fingerprint density at radius 1 is 1.47 bits per heavy atom. The van der Waals surface area contributed by atoms with Crippen molar-refractivity contribution < 1.29 is 9.26 Å². The van der Waals surface area contributed by atoms with Gasteiger partial charge in [-0.2, -0.15) is 4.98 Å². The molecule has 0 aliphatic carbocycles. The van der Waals surface area contributed by atoms with Gasteiger partial charge in [0.05, 0.1) is 11.9 Å². The van der Waals surface area contributed by atoms with Gasteiger partial charge in [0.2, 0.25) is 5.82 Å². The largest absolute Gasteiger partial charge is 0.397 e. The van der Waals surface area contributed by atoms with Gasteiger partial charge in [-0.1, -0.05) is 5.16 Å². The van der Waals surface area contributed by atoms with Gasteiger partial charge in [-0.05, 0) is 26.0 Å². The van der Waals surface area contributed by atoms with E-state index in [-0.39, 0.29) is 6.10 Å². The molecule has 0 saturated heterocycles. The molecule has 17 heavy (non-hydrogen) atoms. The molecule has 0 amide bonds. The van der Waals surface area contributed by atoms with Crippen molar-refractivity contribution in [3.05, 3.63) is 24.2 Å². The minimum Gasteiger partial charge on any atom is -0.397 e. The third-order valence-corrected chi connectivity index (χ3v) is 2.23. The maximum atomic E-state index is 5.55. The third kappa shape index (κ3) is 2.59. The van der Waals surface area contributed by atoms with E-state index < -0.39 is 0 Å². The van der Waals surface area contributed by atoms with E-state index in [1.807, 2.05) is 13.8 Å². The first-order valence-corrected chi connectivity index (χ1v) is 5.37. The monoisotopic (exact) mass is 234 g/mol. The molecule has 90 valence electrons. The number of hydrogen-bond donors (Lipinski definition) is 1. The Bertz CT molecular complexity index is 480. The van der Waals surface area contributed by atoms with Crippen molar-refractivity contribution in [1.29, 1.82) is 0 Å². The standard InChI is InChI=1S/C11H14N4O2/c1-3-16-7(2)10-14-11(17-15-10)9-5-4-8(12)6-13-9/h4-7H,3,12H2,1-2H3. The zero-order chi connectivity index (χ0) is 12.3. The van der Waals surface area contributed by atoms with E-state index >= 15 is 0 Å². The quantitative estimate of drug-likeness (QED) is 0.868. The Morgan fingerprint density at radius 3 is 2.94 bits per heavy atom. The molecular formula is C11H14N4O2. The van der Waals surface area contributed by atoms with Gasteiger partial charge in [-0.25, -0.2) is 4.98 Å². The van der Waals surface area contributed by atoms with Crippen molar-refractivity contribution >= 4 is 5.69 Å². The molecule has 2 N–H and O–H groups in total. The zero-order valence-electron chi connectivity index (χ0n) is 9.75. The number of ether oxygens (including phenoxy) is 1. The van der Waals surface area contributed by atoms with Gasteiger partial charge in [0.1, 0.15) is 11.8 Å². The molecule has 0 aliphatic rings. The van der Waals surface area contributed by atoms with Gasteiger partial charge in [0.15, 0.2) is 0 Å². The Balaban J connectivity index is 2.20. The summed E-state index contributed by atoms with van der Waals surface area (Å²) in [6.07, 6.45) is 1.36. The first kappa shape index (κ1) is 11.5. The van der Waals surface area contributed by atoms with Crippen LogP contribution in [0.3, 0.4) is 0 Å². The summed E-state index contributed by atoms with van der Waals surface area (Å²) in [4.78, 5) is 8.33. The average Bonchev–Trinajstić information content (AvgIpc) is 2.80. The second kappa shape index (κ2) is 4.92. The summed E-state index contributed by atoms with van der Waals surface area (Å²) in [7, 11) is 0. The Morgan fingerprint density at radius 2 is 2.29 bits per heavy atom. The molecule has 2 aromatic heterocycles. The van der Waals surface area contributed by atoms with Crippen LogP contribution in [0, 0.1) is 0 Å². The van der Waals surface area contributed by atoms with Gasteiger partial charge in [-0.15, -0.1) is 0 Å². The normalized spacial score (nSPS) is 12.6. The van der Waals surface area contributed by atoms with Gasteiger partial charge in [-0.3, -0.25) is 0 Å². The predicted octanol–water partition coefficient (Wildman–Crippen LogP) is 1.81. The lowest BCUT2D eigenvalue weighted by atomic mass is 10.3. The van der Waals surface area contributed by atoms with E-state index in [0.29, 0.717) is 29.7 Å². The topological polar surface area (TPSA) is 87.1 Å². The number of nitrogens with two attached hydrogens (primary N) is 1. The highest BCUT2D eigenvalue weighted by molar-refractivity contribution is 5.50. The summed E-state index contributed by atoms with van der Waals surface area (Å²) >= 11 is 0. The summed E-state index contributed by atoms with van der Waals surface area (Å²) in [5.41, 5.74) is 6.74. The maximum absolute atomic E-state index is 5.55.